The predicted molar refractivity (Wildman–Crippen MR) is 172 cm³/mol. The van der Waals surface area contributed by atoms with Crippen LogP contribution in [0.1, 0.15) is 69.8 Å². The molecule has 4 aromatic carbocycles. The zero-order valence-corrected chi connectivity index (χ0v) is 26.3. The van der Waals surface area contributed by atoms with Crippen molar-refractivity contribution in [1.82, 2.24) is 0 Å². The Balaban J connectivity index is 0.000000530. The molecule has 4 aromatic rings. The van der Waals surface area contributed by atoms with Gasteiger partial charge in [0.15, 0.2) is 0 Å². The Hall–Kier alpha value is -1.48. The van der Waals surface area contributed by atoms with Crippen LogP contribution in [0.2, 0.25) is 0 Å². The van der Waals surface area contributed by atoms with E-state index in [1.54, 1.807) is 16.2 Å². The van der Waals surface area contributed by atoms with Crippen molar-refractivity contribution >= 4 is 25.2 Å². The Morgan fingerprint density at radius 1 is 0.590 bits per heavy atom. The molecule has 39 heavy (non-hydrogen) atoms. The third kappa shape index (κ3) is 7.84. The normalized spacial score (nSPS) is 16.7. The van der Waals surface area contributed by atoms with E-state index in [0.29, 0.717) is 0 Å². The minimum Gasteiger partial charge on any atom is -0.748 e. The first-order valence-electron chi connectivity index (χ1n) is 15.0. The van der Waals surface area contributed by atoms with Crippen LogP contribution in [0.3, 0.4) is 0 Å². The van der Waals surface area contributed by atoms with Gasteiger partial charge in [-0.25, -0.2) is 12.1 Å². The van der Waals surface area contributed by atoms with E-state index in [2.05, 4.69) is 84.9 Å². The molecule has 0 radical (unpaired) electrons. The van der Waals surface area contributed by atoms with E-state index in [1.807, 2.05) is 30.3 Å². The Kier molecular flexibility index (Phi) is 12.6. The smallest absolute Gasteiger partial charge is 0.119 e. The molecule has 0 spiro atoms. The largest absolute Gasteiger partial charge is 0.748 e. The van der Waals surface area contributed by atoms with Gasteiger partial charge in [0.25, 0.3) is 0 Å². The first kappa shape index (κ1) is 30.5. The van der Waals surface area contributed by atoms with Gasteiger partial charge in [-0.2, -0.15) is 17.7 Å². The molecule has 0 unspecified atom stereocenters. The van der Waals surface area contributed by atoms with Crippen LogP contribution >= 0.6 is 14.6 Å². The zero-order valence-electron chi connectivity index (χ0n) is 23.4. The maximum atomic E-state index is 2.49. The molecule has 0 heterocycles. The average molecular weight is 596 g/mol. The first-order chi connectivity index (χ1) is 18.9. The van der Waals surface area contributed by atoms with Gasteiger partial charge in [0.1, 0.15) is 7.61 Å². The summed E-state index contributed by atoms with van der Waals surface area (Å²) in [6, 6.07) is 42.9. The van der Waals surface area contributed by atoms with E-state index in [4.69, 9.17) is 0 Å². The molecule has 2 fully saturated rings. The van der Waals surface area contributed by atoms with Gasteiger partial charge < -0.3 is 30.3 Å². The van der Waals surface area contributed by atoms with E-state index in [9.17, 15) is 0 Å². The summed E-state index contributed by atoms with van der Waals surface area (Å²) in [5, 5.41) is 3.32. The van der Waals surface area contributed by atoms with Crippen molar-refractivity contribution in [3.05, 3.63) is 121 Å². The summed E-state index contributed by atoms with van der Waals surface area (Å²) in [5.41, 5.74) is 3.51. The van der Waals surface area contributed by atoms with Gasteiger partial charge in [0.2, 0.25) is 0 Å². The number of hydrogen-bond donors (Lipinski definition) is 0. The third-order valence-corrected chi connectivity index (χ3v) is 21.8. The van der Waals surface area contributed by atoms with Crippen molar-refractivity contribution in [1.29, 1.82) is 0 Å². The van der Waals surface area contributed by atoms with Gasteiger partial charge in [0.05, 0.1) is 17.5 Å². The van der Waals surface area contributed by atoms with Crippen LogP contribution < -0.4 is 10.6 Å². The molecule has 0 N–H and O–H groups in total. The number of rotatable bonds is 8. The monoisotopic (exact) mass is 595 g/mol. The summed E-state index contributed by atoms with van der Waals surface area (Å²) in [4.78, 5) is 0. The molecule has 0 bridgehead atoms. The molecule has 2 saturated carbocycles. The number of benzene rings is 2. The van der Waals surface area contributed by atoms with Crippen LogP contribution in [-0.2, 0) is 23.5 Å². The Morgan fingerprint density at radius 2 is 1.00 bits per heavy atom. The SMILES string of the molecule is [Fe].[cH-]1[cH-][cH-][cH-][cH-]1.c1ccc(P(c2ccccc2)[P+](CC[c-]2cccc2)(C2CCCCC2)C2CCCCC2)cc1. The molecular formula is C36H45FeP2-5. The van der Waals surface area contributed by atoms with Crippen LogP contribution in [0.4, 0.5) is 0 Å². The van der Waals surface area contributed by atoms with Crippen LogP contribution in [0, 0.1) is 0 Å². The second-order valence-corrected chi connectivity index (χ2v) is 20.0. The molecule has 0 nitrogen and oxygen atoms in total. The van der Waals surface area contributed by atoms with Gasteiger partial charge in [-0.05, 0) is 57.8 Å². The fraction of sp³-hybridized carbons (Fsp3) is 0.389. The molecule has 0 aliphatic heterocycles. The Labute approximate surface area is 250 Å². The molecule has 2 aliphatic rings. The summed E-state index contributed by atoms with van der Waals surface area (Å²) >= 11 is 0. The quantitative estimate of drug-likeness (QED) is 0.108. The van der Waals surface area contributed by atoms with Crippen molar-refractivity contribution in [3.8, 4) is 0 Å². The summed E-state index contributed by atoms with van der Waals surface area (Å²) < 4.78 is 0. The van der Waals surface area contributed by atoms with Gasteiger partial charge in [-0.1, -0.05) is 73.5 Å². The van der Waals surface area contributed by atoms with Crippen molar-refractivity contribution in [2.45, 2.75) is 81.9 Å². The third-order valence-electron chi connectivity index (χ3n) is 8.83. The van der Waals surface area contributed by atoms with Crippen LogP contribution in [0.5, 0.6) is 0 Å². The van der Waals surface area contributed by atoms with E-state index in [0.717, 1.165) is 11.3 Å². The molecule has 212 valence electrons. The maximum Gasteiger partial charge on any atom is 0.119 e. The summed E-state index contributed by atoms with van der Waals surface area (Å²) in [6.45, 7) is -1.28. The predicted octanol–water partition coefficient (Wildman–Crippen LogP) is 10.1. The number of aryl methyl sites for hydroxylation is 1. The second kappa shape index (κ2) is 16.1. The fourth-order valence-electron chi connectivity index (χ4n) is 7.07. The standard InChI is InChI=1S/C31H40P2.C5H5.Fe/c1-5-17-28(18-6-1)32(29-19-7-2-8-20-29)33(30-21-9-3-10-22-30,31-23-11-4-12-24-31)26-25-27-15-13-14-16-27;1-2-4-5-3-1;/h1-2,5-8,13-20,30-31H,3-4,9-12,21-26H2;1-5H;/q;-5;. The van der Waals surface area contributed by atoms with Crippen LogP contribution in [0.15, 0.2) is 115 Å². The zero-order chi connectivity index (χ0) is 25.9. The van der Waals surface area contributed by atoms with Gasteiger partial charge >= 0.3 is 0 Å². The van der Waals surface area contributed by atoms with E-state index in [1.165, 1.54) is 76.8 Å². The van der Waals surface area contributed by atoms with Crippen molar-refractivity contribution in [2.24, 2.45) is 0 Å². The van der Waals surface area contributed by atoms with Crippen LogP contribution in [-0.4, -0.2) is 17.5 Å². The summed E-state index contributed by atoms with van der Waals surface area (Å²) in [7, 11) is -0.315. The maximum absolute atomic E-state index is 2.49. The molecule has 3 heteroatoms. The van der Waals surface area contributed by atoms with Gasteiger partial charge in [-0.15, -0.1) is 0 Å². The Morgan fingerprint density at radius 3 is 1.41 bits per heavy atom. The minimum atomic E-state index is -1.28. The molecule has 0 atom stereocenters. The van der Waals surface area contributed by atoms with Crippen molar-refractivity contribution in [2.75, 3.05) is 6.16 Å². The van der Waals surface area contributed by atoms with Crippen molar-refractivity contribution < 1.29 is 17.1 Å². The first-order valence-corrected chi connectivity index (χ1v) is 19.2. The van der Waals surface area contributed by atoms with Crippen LogP contribution in [0.25, 0.3) is 0 Å². The van der Waals surface area contributed by atoms with Crippen molar-refractivity contribution in [3.63, 3.8) is 0 Å². The minimum absolute atomic E-state index is 0. The fourth-order valence-corrected chi connectivity index (χ4v) is 22.1. The van der Waals surface area contributed by atoms with Gasteiger partial charge in [0, 0.05) is 34.6 Å². The Bertz CT molecular complexity index is 1050. The molecule has 2 aliphatic carbocycles. The molecule has 0 amide bonds. The summed E-state index contributed by atoms with van der Waals surface area (Å²) in [5.74, 6) is 0. The second-order valence-electron chi connectivity index (χ2n) is 11.2. The molecular weight excluding hydrogens is 550 g/mol. The van der Waals surface area contributed by atoms with E-state index in [-0.39, 0.29) is 24.7 Å². The molecule has 6 rings (SSSR count). The van der Waals surface area contributed by atoms with E-state index >= 15 is 0 Å². The number of hydrogen-bond acceptors (Lipinski definition) is 0. The summed E-state index contributed by atoms with van der Waals surface area (Å²) in [6.07, 6.45) is 17.5. The van der Waals surface area contributed by atoms with Gasteiger partial charge in [-0.3, -0.25) is 0 Å². The molecule has 0 aromatic heterocycles. The molecule has 0 saturated heterocycles. The average Bonchev–Trinajstić information content (AvgIpc) is 3.75. The topological polar surface area (TPSA) is 0 Å². The van der Waals surface area contributed by atoms with E-state index < -0.39 is 6.95 Å².